The van der Waals surface area contributed by atoms with E-state index < -0.39 is 6.10 Å². The van der Waals surface area contributed by atoms with Crippen LogP contribution < -0.4 is 0 Å². The molecule has 0 fully saturated rings. The van der Waals surface area contributed by atoms with E-state index in [1.807, 2.05) is 0 Å². The smallest absolute Gasteiger partial charge is 0.306 e. The van der Waals surface area contributed by atoms with Gasteiger partial charge in [0.05, 0.1) is 0 Å². The SMILES string of the molecule is CCCCC/C=C\C/C=C\C/C=C\C/C=C\CCCC(=O)O[C@@H](COC(=O)CCCCCCCCCCC/C=C\CCCCCCCC)COC(=O)CCCCCCCCCCCCCCCCCC. The fourth-order valence-electron chi connectivity index (χ4n) is 8.67. The van der Waals surface area contributed by atoms with Gasteiger partial charge in [-0.3, -0.25) is 14.4 Å². The molecule has 0 aliphatic carbocycles. The van der Waals surface area contributed by atoms with Gasteiger partial charge in [0.15, 0.2) is 6.10 Å². The second kappa shape index (κ2) is 58.7. The molecule has 0 heterocycles. The first-order valence-corrected chi connectivity index (χ1v) is 30.3. The number of rotatable bonds is 55. The number of carbonyl (C=O) groups is 3. The fraction of sp³-hybridized carbons (Fsp3) is 0.797. The maximum absolute atomic E-state index is 12.8. The maximum Gasteiger partial charge on any atom is 0.306 e. The molecule has 6 heteroatoms. The Morgan fingerprint density at radius 3 is 0.886 bits per heavy atom. The number of ether oxygens (including phenoxy) is 3. The number of hydrogen-bond donors (Lipinski definition) is 0. The molecule has 406 valence electrons. The highest BCUT2D eigenvalue weighted by Crippen LogP contribution is 2.16. The number of hydrogen-bond acceptors (Lipinski definition) is 6. The highest BCUT2D eigenvalue weighted by atomic mass is 16.6. The normalized spacial score (nSPS) is 12.4. The van der Waals surface area contributed by atoms with Crippen LogP contribution in [-0.2, 0) is 28.6 Å². The van der Waals surface area contributed by atoms with E-state index in [0.717, 1.165) is 64.2 Å². The van der Waals surface area contributed by atoms with Gasteiger partial charge in [-0.25, -0.2) is 0 Å². The van der Waals surface area contributed by atoms with Crippen LogP contribution in [0.1, 0.15) is 310 Å². The summed E-state index contributed by atoms with van der Waals surface area (Å²) in [5.74, 6) is -0.937. The zero-order chi connectivity index (χ0) is 50.7. The van der Waals surface area contributed by atoms with E-state index in [1.54, 1.807) is 0 Å². The topological polar surface area (TPSA) is 78.9 Å². The first kappa shape index (κ1) is 67.1. The van der Waals surface area contributed by atoms with Gasteiger partial charge < -0.3 is 14.2 Å². The van der Waals surface area contributed by atoms with Crippen molar-refractivity contribution in [1.29, 1.82) is 0 Å². The van der Waals surface area contributed by atoms with Crippen LogP contribution >= 0.6 is 0 Å². The molecular formula is C64H114O6. The molecule has 0 aromatic rings. The van der Waals surface area contributed by atoms with E-state index in [0.29, 0.717) is 19.3 Å². The summed E-state index contributed by atoms with van der Waals surface area (Å²) in [6.45, 7) is 6.60. The standard InChI is InChI=1S/C64H114O6/c1-4-7-10-13-16-19-22-25-28-31-32-34-36-39-42-45-48-51-54-57-63(66)69-60-61(59-68-62(65)56-53-50-47-44-41-38-35-30-27-24-21-18-15-12-9-6-3)70-64(67)58-55-52-49-46-43-40-37-33-29-26-23-20-17-14-11-8-5-2/h17,20,25-26,28-29,37,40,46,49,61H,4-16,18-19,21-24,27,30-36,38-39,41-45,47-48,50-60H2,1-3H3/b20-17-,28-25-,29-26-,40-37-,49-46-/t61-/m1/s1. The lowest BCUT2D eigenvalue weighted by Gasteiger charge is -2.18. The molecule has 0 aliphatic heterocycles. The Balaban J connectivity index is 4.42. The Morgan fingerprint density at radius 1 is 0.286 bits per heavy atom. The molecule has 0 spiro atoms. The first-order chi connectivity index (χ1) is 34.5. The molecule has 0 N–H and O–H groups in total. The molecule has 1 atom stereocenters. The Labute approximate surface area is 434 Å². The van der Waals surface area contributed by atoms with Gasteiger partial charge in [0.2, 0.25) is 0 Å². The van der Waals surface area contributed by atoms with E-state index in [9.17, 15) is 14.4 Å². The molecular weight excluding hydrogens is 865 g/mol. The van der Waals surface area contributed by atoms with Gasteiger partial charge >= 0.3 is 17.9 Å². The summed E-state index contributed by atoms with van der Waals surface area (Å²) in [5, 5.41) is 0. The third-order valence-corrected chi connectivity index (χ3v) is 13.2. The van der Waals surface area contributed by atoms with E-state index in [1.165, 1.54) is 199 Å². The van der Waals surface area contributed by atoms with Crippen molar-refractivity contribution in [2.45, 2.75) is 316 Å². The van der Waals surface area contributed by atoms with Crippen LogP contribution in [0, 0.1) is 0 Å². The van der Waals surface area contributed by atoms with E-state index in [2.05, 4.69) is 81.5 Å². The summed E-state index contributed by atoms with van der Waals surface area (Å²) < 4.78 is 16.9. The average Bonchev–Trinajstić information content (AvgIpc) is 3.36. The van der Waals surface area contributed by atoms with Crippen molar-refractivity contribution in [2.24, 2.45) is 0 Å². The summed E-state index contributed by atoms with van der Waals surface area (Å²) in [7, 11) is 0. The summed E-state index contributed by atoms with van der Waals surface area (Å²) >= 11 is 0. The van der Waals surface area contributed by atoms with Crippen molar-refractivity contribution in [3.8, 4) is 0 Å². The van der Waals surface area contributed by atoms with Gasteiger partial charge in [0.25, 0.3) is 0 Å². The molecule has 0 bridgehead atoms. The van der Waals surface area contributed by atoms with Gasteiger partial charge in [-0.1, -0.05) is 268 Å². The van der Waals surface area contributed by atoms with Crippen molar-refractivity contribution in [1.82, 2.24) is 0 Å². The van der Waals surface area contributed by atoms with Gasteiger partial charge in [-0.05, 0) is 83.5 Å². The molecule has 0 saturated heterocycles. The molecule has 70 heavy (non-hydrogen) atoms. The van der Waals surface area contributed by atoms with Crippen LogP contribution in [-0.4, -0.2) is 37.2 Å². The molecule has 0 aromatic carbocycles. The third-order valence-electron chi connectivity index (χ3n) is 13.2. The predicted molar refractivity (Wildman–Crippen MR) is 302 cm³/mol. The Bertz CT molecular complexity index is 1260. The monoisotopic (exact) mass is 979 g/mol. The van der Waals surface area contributed by atoms with Crippen molar-refractivity contribution in [3.63, 3.8) is 0 Å². The Morgan fingerprint density at radius 2 is 0.529 bits per heavy atom. The number of esters is 3. The van der Waals surface area contributed by atoms with Crippen LogP contribution in [0.4, 0.5) is 0 Å². The molecule has 0 unspecified atom stereocenters. The largest absolute Gasteiger partial charge is 0.462 e. The second-order valence-corrected chi connectivity index (χ2v) is 20.3. The lowest BCUT2D eigenvalue weighted by molar-refractivity contribution is -0.167. The molecule has 0 amide bonds. The average molecular weight is 980 g/mol. The summed E-state index contributed by atoms with van der Waals surface area (Å²) in [4.78, 5) is 38.2. The van der Waals surface area contributed by atoms with Gasteiger partial charge in [0, 0.05) is 19.3 Å². The van der Waals surface area contributed by atoms with Gasteiger partial charge in [0.1, 0.15) is 13.2 Å². The van der Waals surface area contributed by atoms with Crippen LogP contribution in [0.5, 0.6) is 0 Å². The molecule has 0 rings (SSSR count). The molecule has 0 saturated carbocycles. The minimum Gasteiger partial charge on any atom is -0.462 e. The van der Waals surface area contributed by atoms with E-state index in [-0.39, 0.29) is 37.5 Å². The molecule has 0 aromatic heterocycles. The van der Waals surface area contributed by atoms with Crippen molar-refractivity contribution >= 4 is 17.9 Å². The zero-order valence-electron chi connectivity index (χ0n) is 46.5. The zero-order valence-corrected chi connectivity index (χ0v) is 46.5. The lowest BCUT2D eigenvalue weighted by Crippen LogP contribution is -2.30. The fourth-order valence-corrected chi connectivity index (χ4v) is 8.67. The van der Waals surface area contributed by atoms with Gasteiger partial charge in [-0.2, -0.15) is 0 Å². The van der Waals surface area contributed by atoms with Crippen LogP contribution in [0.2, 0.25) is 0 Å². The van der Waals surface area contributed by atoms with E-state index >= 15 is 0 Å². The first-order valence-electron chi connectivity index (χ1n) is 30.3. The second-order valence-electron chi connectivity index (χ2n) is 20.3. The Kier molecular flexibility index (Phi) is 56.3. The summed E-state index contributed by atoms with van der Waals surface area (Å²) in [6.07, 6.45) is 73.6. The van der Waals surface area contributed by atoms with Crippen molar-refractivity contribution < 1.29 is 28.6 Å². The number of allylic oxidation sites excluding steroid dienone is 10. The maximum atomic E-state index is 12.8. The third kappa shape index (κ3) is 56.0. The van der Waals surface area contributed by atoms with Crippen LogP contribution in [0.3, 0.4) is 0 Å². The minimum atomic E-state index is -0.802. The quantitative estimate of drug-likeness (QED) is 0.0261. The lowest BCUT2D eigenvalue weighted by atomic mass is 10.0. The van der Waals surface area contributed by atoms with Gasteiger partial charge in [-0.15, -0.1) is 0 Å². The minimum absolute atomic E-state index is 0.0934. The van der Waals surface area contributed by atoms with Crippen LogP contribution in [0.25, 0.3) is 0 Å². The Hall–Kier alpha value is -2.89. The van der Waals surface area contributed by atoms with Crippen LogP contribution in [0.15, 0.2) is 60.8 Å². The molecule has 0 radical (unpaired) electrons. The summed E-state index contributed by atoms with van der Waals surface area (Å²) in [6, 6.07) is 0. The number of carbonyl (C=O) groups excluding carboxylic acids is 3. The molecule has 6 nitrogen and oxygen atoms in total. The summed E-state index contributed by atoms with van der Waals surface area (Å²) in [5.41, 5.74) is 0. The highest BCUT2D eigenvalue weighted by Gasteiger charge is 2.19. The highest BCUT2D eigenvalue weighted by molar-refractivity contribution is 5.71. The van der Waals surface area contributed by atoms with E-state index in [4.69, 9.17) is 14.2 Å². The molecule has 0 aliphatic rings. The predicted octanol–water partition coefficient (Wildman–Crippen LogP) is 20.4. The van der Waals surface area contributed by atoms with Crippen molar-refractivity contribution in [3.05, 3.63) is 60.8 Å². The van der Waals surface area contributed by atoms with Crippen molar-refractivity contribution in [2.75, 3.05) is 13.2 Å². The number of unbranched alkanes of at least 4 members (excludes halogenated alkanes) is 34.